The summed E-state index contributed by atoms with van der Waals surface area (Å²) in [4.78, 5) is 0.173. The number of hydrogen-bond acceptors (Lipinski definition) is 3. The van der Waals surface area contributed by atoms with Gasteiger partial charge in [0.2, 0.25) is 10.0 Å². The Balaban J connectivity index is 2.19. The average Bonchev–Trinajstić information content (AvgIpc) is 3.12. The minimum Gasteiger partial charge on any atom is -0.495 e. The largest absolute Gasteiger partial charge is 0.495 e. The van der Waals surface area contributed by atoms with Gasteiger partial charge in [0, 0.05) is 10.5 Å². The first-order valence-electron chi connectivity index (χ1n) is 6.28. The maximum atomic E-state index is 12.4. The number of methoxy groups -OCH3 is 1. The van der Waals surface area contributed by atoms with Crippen LogP contribution in [0.2, 0.25) is 0 Å². The molecule has 2 rings (SSSR count). The highest BCUT2D eigenvalue weighted by molar-refractivity contribution is 9.10. The number of sulfonamides is 1. The van der Waals surface area contributed by atoms with Crippen molar-refractivity contribution in [3.8, 4) is 5.75 Å². The van der Waals surface area contributed by atoms with E-state index in [4.69, 9.17) is 4.74 Å². The van der Waals surface area contributed by atoms with E-state index in [9.17, 15) is 8.42 Å². The van der Waals surface area contributed by atoms with Crippen molar-refractivity contribution < 1.29 is 13.2 Å². The fourth-order valence-electron chi connectivity index (χ4n) is 2.09. The molecule has 0 bridgehead atoms. The lowest BCUT2D eigenvalue weighted by atomic mass is 10.2. The molecular weight excluding hydrogens is 330 g/mol. The third-order valence-electron chi connectivity index (χ3n) is 3.16. The minimum atomic E-state index is -3.55. The van der Waals surface area contributed by atoms with E-state index in [2.05, 4.69) is 20.7 Å². The third kappa shape index (κ3) is 3.94. The van der Waals surface area contributed by atoms with Gasteiger partial charge in [-0.15, -0.1) is 0 Å². The van der Waals surface area contributed by atoms with Crippen LogP contribution in [0, 0.1) is 5.92 Å². The van der Waals surface area contributed by atoms with E-state index in [1.165, 1.54) is 20.0 Å². The fourth-order valence-corrected chi connectivity index (χ4v) is 4.05. The molecule has 0 spiro atoms. The van der Waals surface area contributed by atoms with Gasteiger partial charge in [0.05, 0.1) is 7.11 Å². The monoisotopic (exact) mass is 347 g/mol. The predicted molar refractivity (Wildman–Crippen MR) is 77.8 cm³/mol. The van der Waals surface area contributed by atoms with E-state index >= 15 is 0 Å². The molecule has 0 saturated heterocycles. The summed E-state index contributed by atoms with van der Waals surface area (Å²) >= 11 is 3.29. The minimum absolute atomic E-state index is 0.0545. The molecule has 0 heterocycles. The van der Waals surface area contributed by atoms with Gasteiger partial charge in [0.15, 0.2) is 0 Å². The van der Waals surface area contributed by atoms with E-state index in [-0.39, 0.29) is 10.9 Å². The Bertz CT molecular complexity index is 555. The molecule has 1 fully saturated rings. The molecule has 1 aromatic rings. The second kappa shape index (κ2) is 5.81. The highest BCUT2D eigenvalue weighted by Gasteiger charge is 2.27. The van der Waals surface area contributed by atoms with Gasteiger partial charge in [0.1, 0.15) is 10.6 Å². The standard InChI is InChI=1S/C13H18BrNO3S/c1-9(7-10-3-4-10)15-19(16,17)13-8-11(14)5-6-12(13)18-2/h5-6,8-10,15H,3-4,7H2,1-2H3. The van der Waals surface area contributed by atoms with Crippen LogP contribution < -0.4 is 9.46 Å². The van der Waals surface area contributed by atoms with Gasteiger partial charge in [-0.25, -0.2) is 13.1 Å². The van der Waals surface area contributed by atoms with E-state index in [1.807, 2.05) is 6.92 Å². The quantitative estimate of drug-likeness (QED) is 0.860. The summed E-state index contributed by atoms with van der Waals surface area (Å²) in [6.45, 7) is 1.90. The molecule has 6 heteroatoms. The van der Waals surface area contributed by atoms with Crippen LogP contribution in [0.25, 0.3) is 0 Å². The number of ether oxygens (including phenoxy) is 1. The van der Waals surface area contributed by atoms with E-state index in [1.54, 1.807) is 18.2 Å². The molecule has 1 aliphatic rings. The number of nitrogens with one attached hydrogen (secondary N) is 1. The first-order chi connectivity index (χ1) is 8.92. The van der Waals surface area contributed by atoms with E-state index < -0.39 is 10.0 Å². The lowest BCUT2D eigenvalue weighted by Gasteiger charge is -2.15. The van der Waals surface area contributed by atoms with Gasteiger partial charge < -0.3 is 4.74 Å². The highest BCUT2D eigenvalue weighted by Crippen LogP contribution is 2.34. The lowest BCUT2D eigenvalue weighted by molar-refractivity contribution is 0.401. The molecule has 0 radical (unpaired) electrons. The SMILES string of the molecule is COc1ccc(Br)cc1S(=O)(=O)NC(C)CC1CC1. The van der Waals surface area contributed by atoms with Gasteiger partial charge in [-0.2, -0.15) is 0 Å². The van der Waals surface area contributed by atoms with Gasteiger partial charge in [-0.1, -0.05) is 28.8 Å². The van der Waals surface area contributed by atoms with Crippen molar-refractivity contribution in [2.45, 2.75) is 37.1 Å². The Kier molecular flexibility index (Phi) is 4.53. The zero-order chi connectivity index (χ0) is 14.0. The van der Waals surface area contributed by atoms with Crippen molar-refractivity contribution in [2.24, 2.45) is 5.92 Å². The first kappa shape index (κ1) is 14.8. The molecule has 1 atom stereocenters. The van der Waals surface area contributed by atoms with Crippen molar-refractivity contribution in [1.29, 1.82) is 0 Å². The van der Waals surface area contributed by atoms with Gasteiger partial charge in [0.25, 0.3) is 0 Å². The summed E-state index contributed by atoms with van der Waals surface area (Å²) in [7, 11) is -2.08. The van der Waals surface area contributed by atoms with Crippen LogP contribution in [0.3, 0.4) is 0 Å². The van der Waals surface area contributed by atoms with Crippen LogP contribution >= 0.6 is 15.9 Å². The zero-order valence-corrected chi connectivity index (χ0v) is 13.4. The molecule has 0 aliphatic heterocycles. The van der Waals surface area contributed by atoms with Crippen LogP contribution in [-0.2, 0) is 10.0 Å². The van der Waals surface area contributed by atoms with Crippen LogP contribution in [-0.4, -0.2) is 21.6 Å². The smallest absolute Gasteiger partial charge is 0.244 e. The topological polar surface area (TPSA) is 55.4 Å². The molecule has 1 aliphatic carbocycles. The van der Waals surface area contributed by atoms with Crippen LogP contribution in [0.4, 0.5) is 0 Å². The van der Waals surface area contributed by atoms with Gasteiger partial charge in [-0.3, -0.25) is 0 Å². The first-order valence-corrected chi connectivity index (χ1v) is 8.56. The number of hydrogen-bond donors (Lipinski definition) is 1. The normalized spacial score (nSPS) is 17.2. The average molecular weight is 348 g/mol. The molecule has 19 heavy (non-hydrogen) atoms. The Labute approximate surface area is 122 Å². The molecular formula is C13H18BrNO3S. The van der Waals surface area contributed by atoms with Gasteiger partial charge in [-0.05, 0) is 37.5 Å². The Hall–Kier alpha value is -0.590. The van der Waals surface area contributed by atoms with E-state index in [0.717, 1.165) is 6.42 Å². The molecule has 1 saturated carbocycles. The summed E-state index contributed by atoms with van der Waals surface area (Å²) in [5.41, 5.74) is 0. The third-order valence-corrected chi connectivity index (χ3v) is 5.26. The molecule has 1 N–H and O–H groups in total. The number of halogens is 1. The number of rotatable bonds is 6. The maximum Gasteiger partial charge on any atom is 0.244 e. The zero-order valence-electron chi connectivity index (χ0n) is 11.0. The number of benzene rings is 1. The Morgan fingerprint density at radius 2 is 2.16 bits per heavy atom. The highest BCUT2D eigenvalue weighted by atomic mass is 79.9. The molecule has 106 valence electrons. The molecule has 1 unspecified atom stereocenters. The Morgan fingerprint density at radius 3 is 2.74 bits per heavy atom. The van der Waals surface area contributed by atoms with Gasteiger partial charge >= 0.3 is 0 Å². The van der Waals surface area contributed by atoms with Crippen molar-refractivity contribution in [1.82, 2.24) is 4.72 Å². The maximum absolute atomic E-state index is 12.4. The fraction of sp³-hybridized carbons (Fsp3) is 0.538. The Morgan fingerprint density at radius 1 is 1.47 bits per heavy atom. The molecule has 0 aromatic heterocycles. The van der Waals surface area contributed by atoms with Crippen LogP contribution in [0.15, 0.2) is 27.6 Å². The second-order valence-electron chi connectivity index (χ2n) is 5.00. The molecule has 0 amide bonds. The van der Waals surface area contributed by atoms with Crippen molar-refractivity contribution in [3.05, 3.63) is 22.7 Å². The molecule has 1 aromatic carbocycles. The second-order valence-corrected chi connectivity index (χ2v) is 7.59. The summed E-state index contributed by atoms with van der Waals surface area (Å²) in [6, 6.07) is 4.90. The summed E-state index contributed by atoms with van der Waals surface area (Å²) in [5, 5.41) is 0. The summed E-state index contributed by atoms with van der Waals surface area (Å²) in [5.74, 6) is 1.04. The molecule has 4 nitrogen and oxygen atoms in total. The predicted octanol–water partition coefficient (Wildman–Crippen LogP) is 2.92. The van der Waals surface area contributed by atoms with Crippen molar-refractivity contribution in [3.63, 3.8) is 0 Å². The van der Waals surface area contributed by atoms with Crippen LogP contribution in [0.1, 0.15) is 26.2 Å². The lowest BCUT2D eigenvalue weighted by Crippen LogP contribution is -2.33. The van der Waals surface area contributed by atoms with Crippen LogP contribution in [0.5, 0.6) is 5.75 Å². The summed E-state index contributed by atoms with van der Waals surface area (Å²) < 4.78 is 33.3. The summed E-state index contributed by atoms with van der Waals surface area (Å²) in [6.07, 6.45) is 3.33. The van der Waals surface area contributed by atoms with E-state index in [0.29, 0.717) is 16.1 Å². The van der Waals surface area contributed by atoms with Crippen molar-refractivity contribution >= 4 is 26.0 Å². The van der Waals surface area contributed by atoms with Crippen molar-refractivity contribution in [2.75, 3.05) is 7.11 Å².